The standard InChI is InChI=1S/C18H20F3NO4S2.17CH4/c1-12(2)26-17(23)10-16-22-15(11-27-16)13-4-6-14(7-5-13)28(24,25)9-3-8-18(19,20)21;;;;;;;;;;;;;;;;;/h4-7,11-12H,3,8-10H2,1-2H3;17*1H4. The van der Waals surface area contributed by atoms with Crippen LogP contribution in [0.3, 0.4) is 0 Å². The van der Waals surface area contributed by atoms with E-state index in [0.717, 1.165) is 0 Å². The van der Waals surface area contributed by atoms with Gasteiger partial charge in [0.15, 0.2) is 9.84 Å². The van der Waals surface area contributed by atoms with E-state index in [0.29, 0.717) is 16.3 Å². The van der Waals surface area contributed by atoms with E-state index in [4.69, 9.17) is 4.74 Å². The Morgan fingerprint density at radius 3 is 1.53 bits per heavy atom. The van der Waals surface area contributed by atoms with Crippen LogP contribution in [0, 0.1) is 0 Å². The van der Waals surface area contributed by atoms with Crippen molar-refractivity contribution in [3.63, 3.8) is 0 Å². The second-order valence-electron chi connectivity index (χ2n) is 6.40. The van der Waals surface area contributed by atoms with E-state index in [2.05, 4.69) is 4.98 Å². The number of ether oxygens (including phenoxy) is 1. The number of carbonyl (C=O) groups is 1. The fourth-order valence-electron chi connectivity index (χ4n) is 2.37. The molecule has 0 unspecified atom stereocenters. The van der Waals surface area contributed by atoms with E-state index in [9.17, 15) is 26.4 Å². The molecule has 0 aliphatic rings. The average molecular weight is 708 g/mol. The smallest absolute Gasteiger partial charge is 0.389 e. The number of hydrogen-bond acceptors (Lipinski definition) is 6. The lowest BCUT2D eigenvalue weighted by molar-refractivity contribution is -0.146. The quantitative estimate of drug-likeness (QED) is 0.255. The Labute approximate surface area is 290 Å². The van der Waals surface area contributed by atoms with E-state index in [-0.39, 0.29) is 150 Å². The minimum atomic E-state index is -4.37. The lowest BCUT2D eigenvalue weighted by Gasteiger charge is -2.07. The van der Waals surface area contributed by atoms with Gasteiger partial charge in [-0.25, -0.2) is 13.4 Å². The van der Waals surface area contributed by atoms with Gasteiger partial charge in [0.25, 0.3) is 0 Å². The van der Waals surface area contributed by atoms with Crippen molar-refractivity contribution < 1.29 is 31.1 Å². The van der Waals surface area contributed by atoms with Crippen LogP contribution in [-0.4, -0.2) is 37.4 Å². The molecule has 290 valence electrons. The van der Waals surface area contributed by atoms with E-state index >= 15 is 0 Å². The number of esters is 1. The summed E-state index contributed by atoms with van der Waals surface area (Å²) >= 11 is 1.29. The van der Waals surface area contributed by atoms with Gasteiger partial charge in [-0.05, 0) is 32.4 Å². The Hall–Kier alpha value is -1.94. The number of hydrogen-bond donors (Lipinski definition) is 0. The van der Waals surface area contributed by atoms with Crippen LogP contribution in [0.2, 0.25) is 0 Å². The molecule has 1 aromatic heterocycles. The van der Waals surface area contributed by atoms with Crippen LogP contribution < -0.4 is 0 Å². The second-order valence-corrected chi connectivity index (χ2v) is 9.46. The maximum atomic E-state index is 12.2. The first-order chi connectivity index (χ1) is 13.0. The summed E-state index contributed by atoms with van der Waals surface area (Å²) in [5, 5.41) is 2.31. The second kappa shape index (κ2) is 44.2. The highest BCUT2D eigenvalue weighted by Crippen LogP contribution is 2.26. The van der Waals surface area contributed by atoms with Crippen LogP contribution in [0.4, 0.5) is 13.2 Å². The number of halogens is 3. The third-order valence-corrected chi connectivity index (χ3v) is 6.26. The highest BCUT2D eigenvalue weighted by Gasteiger charge is 2.27. The van der Waals surface area contributed by atoms with Gasteiger partial charge in [-0.3, -0.25) is 4.79 Å². The molecule has 0 aliphatic carbocycles. The maximum absolute atomic E-state index is 12.2. The van der Waals surface area contributed by atoms with Crippen LogP contribution in [0.25, 0.3) is 11.3 Å². The number of thiazole rings is 1. The third kappa shape index (κ3) is 36.4. The van der Waals surface area contributed by atoms with Crippen molar-refractivity contribution in [1.29, 1.82) is 0 Å². The van der Waals surface area contributed by atoms with Gasteiger partial charge < -0.3 is 4.74 Å². The van der Waals surface area contributed by atoms with Crippen molar-refractivity contribution in [2.45, 2.75) is 177 Å². The molecule has 2 aromatic rings. The lowest BCUT2D eigenvalue weighted by atomic mass is 10.2. The molecule has 0 N–H and O–H groups in total. The molecule has 0 bridgehead atoms. The zero-order chi connectivity index (χ0) is 20.9. The summed E-state index contributed by atoms with van der Waals surface area (Å²) in [4.78, 5) is 16.0. The molecule has 5 nitrogen and oxygen atoms in total. The fourth-order valence-corrected chi connectivity index (χ4v) is 4.47. The first-order valence-electron chi connectivity index (χ1n) is 8.50. The monoisotopic (exact) mass is 708 g/mol. The Balaban J connectivity index is -0.0000000353. The Kier molecular flexibility index (Phi) is 102. The van der Waals surface area contributed by atoms with Crippen LogP contribution in [-0.2, 0) is 25.8 Å². The Morgan fingerprint density at radius 1 is 0.778 bits per heavy atom. The van der Waals surface area contributed by atoms with Crippen molar-refractivity contribution in [3.8, 4) is 11.3 Å². The van der Waals surface area contributed by atoms with Crippen molar-refractivity contribution >= 4 is 27.1 Å². The number of carbonyl (C=O) groups excluding carboxylic acids is 1. The van der Waals surface area contributed by atoms with Crippen LogP contribution in [0.1, 0.15) is 158 Å². The number of sulfone groups is 1. The van der Waals surface area contributed by atoms with E-state index in [1.807, 2.05) is 0 Å². The molecule has 0 saturated heterocycles. The Morgan fingerprint density at radius 2 is 1.18 bits per heavy atom. The number of aromatic nitrogens is 1. The van der Waals surface area contributed by atoms with Gasteiger partial charge in [-0.1, -0.05) is 138 Å². The Bertz CT molecular complexity index is 912. The molecule has 0 spiro atoms. The van der Waals surface area contributed by atoms with E-state index in [1.54, 1.807) is 31.4 Å². The molecule has 0 atom stereocenters. The molecular formula is C35H88F3NO4S2. The molecule has 0 radical (unpaired) electrons. The predicted molar refractivity (Wildman–Crippen MR) is 214 cm³/mol. The minimum Gasteiger partial charge on any atom is -0.463 e. The summed E-state index contributed by atoms with van der Waals surface area (Å²) in [5.74, 6) is -0.943. The SMILES string of the molecule is C.C.C.C.C.C.C.C.C.C.C.C.C.C.C.C.C.CC(C)OC(=O)Cc1nc(-c2ccc(S(=O)(=O)CCCC(F)(F)F)cc2)cs1. The lowest BCUT2D eigenvalue weighted by Crippen LogP contribution is -2.13. The highest BCUT2D eigenvalue weighted by atomic mass is 32.2. The van der Waals surface area contributed by atoms with Crippen molar-refractivity contribution in [3.05, 3.63) is 34.7 Å². The van der Waals surface area contributed by atoms with Crippen LogP contribution in [0.15, 0.2) is 34.5 Å². The molecule has 0 fully saturated rings. The number of rotatable bonds is 8. The first kappa shape index (κ1) is 104. The van der Waals surface area contributed by atoms with Gasteiger partial charge in [0.05, 0.1) is 28.9 Å². The van der Waals surface area contributed by atoms with Gasteiger partial charge in [0.2, 0.25) is 0 Å². The van der Waals surface area contributed by atoms with Gasteiger partial charge in [-0.2, -0.15) is 13.2 Å². The normalized spacial score (nSPS) is 7.69. The third-order valence-electron chi connectivity index (χ3n) is 3.60. The average Bonchev–Trinajstić information content (AvgIpc) is 3.01. The summed E-state index contributed by atoms with van der Waals surface area (Å²) in [6, 6.07) is 5.79. The molecule has 1 heterocycles. The summed E-state index contributed by atoms with van der Waals surface area (Å²) in [7, 11) is -3.78. The zero-order valence-corrected chi connectivity index (χ0v) is 17.0. The van der Waals surface area contributed by atoms with E-state index in [1.165, 1.54) is 23.5 Å². The van der Waals surface area contributed by atoms with Crippen LogP contribution in [0.5, 0.6) is 0 Å². The molecule has 10 heteroatoms. The van der Waals surface area contributed by atoms with Crippen molar-refractivity contribution in [1.82, 2.24) is 4.98 Å². The molecular weight excluding hydrogens is 620 g/mol. The van der Waals surface area contributed by atoms with Gasteiger partial charge in [0, 0.05) is 17.4 Å². The largest absolute Gasteiger partial charge is 0.463 e. The summed E-state index contributed by atoms with van der Waals surface area (Å²) in [5.41, 5.74) is 1.23. The molecule has 1 aromatic carbocycles. The van der Waals surface area contributed by atoms with Gasteiger partial charge in [0.1, 0.15) is 5.01 Å². The summed E-state index contributed by atoms with van der Waals surface area (Å²) in [6.45, 7) is 3.51. The molecule has 0 saturated carbocycles. The summed E-state index contributed by atoms with van der Waals surface area (Å²) in [6.07, 6.45) is -6.14. The van der Waals surface area contributed by atoms with Crippen molar-refractivity contribution in [2.24, 2.45) is 0 Å². The fraction of sp³-hybridized carbons (Fsp3) is 0.714. The maximum Gasteiger partial charge on any atom is 0.389 e. The van der Waals surface area contributed by atoms with Crippen LogP contribution >= 0.6 is 11.3 Å². The number of alkyl halides is 3. The summed E-state index contributed by atoms with van der Waals surface area (Å²) < 4.78 is 65.9. The number of benzene rings is 1. The van der Waals surface area contributed by atoms with Gasteiger partial charge >= 0.3 is 12.1 Å². The number of nitrogens with zero attached hydrogens (tertiary/aromatic N) is 1. The van der Waals surface area contributed by atoms with E-state index < -0.39 is 34.6 Å². The first-order valence-corrected chi connectivity index (χ1v) is 11.0. The molecule has 45 heavy (non-hydrogen) atoms. The highest BCUT2D eigenvalue weighted by molar-refractivity contribution is 7.91. The predicted octanol–water partition coefficient (Wildman–Crippen LogP) is 15.2. The van der Waals surface area contributed by atoms with Gasteiger partial charge in [-0.15, -0.1) is 11.3 Å². The molecule has 0 amide bonds. The minimum absolute atomic E-state index is 0. The topological polar surface area (TPSA) is 73.3 Å². The van der Waals surface area contributed by atoms with Crippen molar-refractivity contribution in [2.75, 3.05) is 5.75 Å². The zero-order valence-electron chi connectivity index (χ0n) is 15.3. The molecule has 0 aliphatic heterocycles. The molecule has 2 rings (SSSR count).